The average Bonchev–Trinajstić information content (AvgIpc) is 2.75. The lowest BCUT2D eigenvalue weighted by molar-refractivity contribution is 0.264. The van der Waals surface area contributed by atoms with Gasteiger partial charge in [-0.15, -0.1) is 0 Å². The Labute approximate surface area is 114 Å². The van der Waals surface area contributed by atoms with Crippen molar-refractivity contribution in [1.82, 2.24) is 4.57 Å². The van der Waals surface area contributed by atoms with Gasteiger partial charge in [0.25, 0.3) is 0 Å². The van der Waals surface area contributed by atoms with Gasteiger partial charge in [-0.25, -0.2) is 4.39 Å². The molecule has 0 aliphatic carbocycles. The smallest absolute Gasteiger partial charge is 0.119 e. The van der Waals surface area contributed by atoms with Gasteiger partial charge in [0.2, 0.25) is 0 Å². The molecule has 1 aromatic carbocycles. The highest BCUT2D eigenvalue weighted by Gasteiger charge is 2.20. The Kier molecular flexibility index (Phi) is 3.83. The van der Waals surface area contributed by atoms with E-state index in [1.54, 1.807) is 14.0 Å². The standard InChI is InChI=1S/C16H22FNO/c1-10(2)16-9-13-8-14(19-5)6-7-15(13)18(16)12(4)11(3)17/h6-12H,1-5H3/t11-,12?/m1/s1. The summed E-state index contributed by atoms with van der Waals surface area (Å²) >= 11 is 0. The molecule has 0 aliphatic heterocycles. The van der Waals surface area contributed by atoms with Crippen molar-refractivity contribution in [3.8, 4) is 5.75 Å². The summed E-state index contributed by atoms with van der Waals surface area (Å²) < 4.78 is 21.1. The van der Waals surface area contributed by atoms with E-state index in [0.717, 1.165) is 16.7 Å². The fraction of sp³-hybridized carbons (Fsp3) is 0.500. The van der Waals surface area contributed by atoms with Crippen LogP contribution in [0.25, 0.3) is 10.9 Å². The summed E-state index contributed by atoms with van der Waals surface area (Å²) in [6.07, 6.45) is -0.879. The maximum Gasteiger partial charge on any atom is 0.119 e. The van der Waals surface area contributed by atoms with Crippen molar-refractivity contribution in [3.05, 3.63) is 30.0 Å². The van der Waals surface area contributed by atoms with Crippen molar-refractivity contribution >= 4 is 10.9 Å². The lowest BCUT2D eigenvalue weighted by Crippen LogP contribution is -2.17. The SMILES string of the molecule is COc1ccc2c(c1)cc(C(C)C)n2C(C)[C@@H](C)F. The van der Waals surface area contributed by atoms with Gasteiger partial charge in [-0.3, -0.25) is 0 Å². The third-order valence-electron chi connectivity index (χ3n) is 3.74. The second kappa shape index (κ2) is 5.24. The van der Waals surface area contributed by atoms with E-state index in [1.807, 2.05) is 25.1 Å². The van der Waals surface area contributed by atoms with Crippen LogP contribution in [0.4, 0.5) is 4.39 Å². The fourth-order valence-electron chi connectivity index (χ4n) is 2.47. The molecule has 1 aromatic heterocycles. The predicted molar refractivity (Wildman–Crippen MR) is 77.9 cm³/mol. The summed E-state index contributed by atoms with van der Waals surface area (Å²) in [5, 5.41) is 1.11. The number of hydrogen-bond donors (Lipinski definition) is 0. The van der Waals surface area contributed by atoms with Crippen LogP contribution in [-0.2, 0) is 0 Å². The third-order valence-corrected chi connectivity index (χ3v) is 3.74. The van der Waals surface area contributed by atoms with Crippen LogP contribution in [0.3, 0.4) is 0 Å². The third kappa shape index (κ3) is 2.46. The summed E-state index contributed by atoms with van der Waals surface area (Å²) in [6, 6.07) is 7.93. The van der Waals surface area contributed by atoms with Crippen molar-refractivity contribution in [2.24, 2.45) is 0 Å². The molecule has 0 fully saturated rings. The first-order valence-corrected chi connectivity index (χ1v) is 6.78. The normalized spacial score (nSPS) is 14.9. The molecular weight excluding hydrogens is 241 g/mol. The van der Waals surface area contributed by atoms with Crippen molar-refractivity contribution < 1.29 is 9.13 Å². The molecule has 2 nitrogen and oxygen atoms in total. The highest BCUT2D eigenvalue weighted by atomic mass is 19.1. The molecule has 2 aromatic rings. The van der Waals surface area contributed by atoms with Gasteiger partial charge in [-0.2, -0.15) is 0 Å². The highest BCUT2D eigenvalue weighted by molar-refractivity contribution is 5.83. The van der Waals surface area contributed by atoms with Gasteiger partial charge in [-0.05, 0) is 44.0 Å². The van der Waals surface area contributed by atoms with Crippen molar-refractivity contribution in [2.45, 2.75) is 45.8 Å². The van der Waals surface area contributed by atoms with Crippen LogP contribution in [0.15, 0.2) is 24.3 Å². The van der Waals surface area contributed by atoms with E-state index >= 15 is 0 Å². The summed E-state index contributed by atoms with van der Waals surface area (Å²) in [5.41, 5.74) is 2.24. The number of fused-ring (bicyclic) bond motifs is 1. The zero-order valence-electron chi connectivity index (χ0n) is 12.3. The summed E-state index contributed by atoms with van der Waals surface area (Å²) in [5.74, 6) is 1.19. The lowest BCUT2D eigenvalue weighted by atomic mass is 10.1. The van der Waals surface area contributed by atoms with E-state index < -0.39 is 6.17 Å². The van der Waals surface area contributed by atoms with Gasteiger partial charge in [-0.1, -0.05) is 13.8 Å². The quantitative estimate of drug-likeness (QED) is 0.780. The van der Waals surface area contributed by atoms with Crippen LogP contribution in [0.1, 0.15) is 45.3 Å². The molecule has 0 spiro atoms. The van der Waals surface area contributed by atoms with E-state index in [9.17, 15) is 4.39 Å². The Morgan fingerprint density at radius 2 is 1.79 bits per heavy atom. The number of halogens is 1. The Hall–Kier alpha value is -1.51. The number of methoxy groups -OCH3 is 1. The number of benzene rings is 1. The lowest BCUT2D eigenvalue weighted by Gasteiger charge is -2.21. The second-order valence-corrected chi connectivity index (χ2v) is 5.44. The Balaban J connectivity index is 2.67. The molecule has 1 heterocycles. The Bertz CT molecular complexity index is 571. The summed E-state index contributed by atoms with van der Waals surface area (Å²) in [6.45, 7) is 7.82. The van der Waals surface area contributed by atoms with Gasteiger partial charge in [0.1, 0.15) is 11.9 Å². The topological polar surface area (TPSA) is 14.2 Å². The van der Waals surface area contributed by atoms with Gasteiger partial charge in [0, 0.05) is 16.6 Å². The van der Waals surface area contributed by atoms with E-state index in [0.29, 0.717) is 5.92 Å². The van der Waals surface area contributed by atoms with Gasteiger partial charge in [0.15, 0.2) is 0 Å². The van der Waals surface area contributed by atoms with Crippen LogP contribution in [0.5, 0.6) is 5.75 Å². The van der Waals surface area contributed by atoms with E-state index in [1.165, 1.54) is 5.69 Å². The highest BCUT2D eigenvalue weighted by Crippen LogP contribution is 2.32. The molecule has 0 radical (unpaired) electrons. The molecule has 0 saturated carbocycles. The van der Waals surface area contributed by atoms with E-state index in [4.69, 9.17) is 4.74 Å². The minimum absolute atomic E-state index is 0.164. The van der Waals surface area contributed by atoms with Gasteiger partial charge < -0.3 is 9.30 Å². The summed E-state index contributed by atoms with van der Waals surface area (Å²) in [4.78, 5) is 0. The van der Waals surface area contributed by atoms with E-state index in [2.05, 4.69) is 24.5 Å². The molecule has 19 heavy (non-hydrogen) atoms. The number of nitrogens with zero attached hydrogens (tertiary/aromatic N) is 1. The minimum atomic E-state index is -0.879. The number of hydrogen-bond acceptors (Lipinski definition) is 1. The first kappa shape index (κ1) is 13.9. The maximum absolute atomic E-state index is 13.7. The first-order valence-electron chi connectivity index (χ1n) is 6.78. The molecule has 104 valence electrons. The number of aromatic nitrogens is 1. The molecule has 2 atom stereocenters. The second-order valence-electron chi connectivity index (χ2n) is 5.44. The zero-order chi connectivity index (χ0) is 14.2. The fourth-order valence-corrected chi connectivity index (χ4v) is 2.47. The molecule has 0 saturated heterocycles. The molecule has 3 heteroatoms. The Morgan fingerprint density at radius 1 is 1.11 bits per heavy atom. The minimum Gasteiger partial charge on any atom is -0.497 e. The average molecular weight is 263 g/mol. The maximum atomic E-state index is 13.7. The number of ether oxygens (including phenoxy) is 1. The molecule has 0 bridgehead atoms. The van der Waals surface area contributed by atoms with E-state index in [-0.39, 0.29) is 6.04 Å². The molecule has 0 amide bonds. The van der Waals surface area contributed by atoms with Crippen LogP contribution < -0.4 is 4.74 Å². The number of rotatable bonds is 4. The summed E-state index contributed by atoms with van der Waals surface area (Å²) in [7, 11) is 1.66. The molecule has 0 aliphatic rings. The first-order chi connectivity index (χ1) is 8.95. The monoisotopic (exact) mass is 263 g/mol. The van der Waals surface area contributed by atoms with Crippen molar-refractivity contribution in [3.63, 3.8) is 0 Å². The molecular formula is C16H22FNO. The molecule has 2 rings (SSSR count). The van der Waals surface area contributed by atoms with Crippen LogP contribution in [0.2, 0.25) is 0 Å². The van der Waals surface area contributed by atoms with Gasteiger partial charge >= 0.3 is 0 Å². The zero-order valence-corrected chi connectivity index (χ0v) is 12.3. The van der Waals surface area contributed by atoms with Gasteiger partial charge in [0.05, 0.1) is 13.2 Å². The molecule has 0 N–H and O–H groups in total. The van der Waals surface area contributed by atoms with Crippen molar-refractivity contribution in [2.75, 3.05) is 7.11 Å². The largest absolute Gasteiger partial charge is 0.497 e. The van der Waals surface area contributed by atoms with Crippen LogP contribution >= 0.6 is 0 Å². The Morgan fingerprint density at radius 3 is 2.32 bits per heavy atom. The predicted octanol–water partition coefficient (Wildman–Crippen LogP) is 4.69. The van der Waals surface area contributed by atoms with Crippen LogP contribution in [-0.4, -0.2) is 17.8 Å². The molecule has 1 unspecified atom stereocenters. The van der Waals surface area contributed by atoms with Crippen molar-refractivity contribution in [1.29, 1.82) is 0 Å². The number of alkyl halides is 1. The van der Waals surface area contributed by atoms with Crippen LogP contribution in [0, 0.1) is 0 Å².